The molecule has 0 aliphatic heterocycles. The van der Waals surface area contributed by atoms with E-state index < -0.39 is 0 Å². The number of rotatable bonds is 2. The molecule has 0 bridgehead atoms. The summed E-state index contributed by atoms with van der Waals surface area (Å²) in [5, 5.41) is 0. The first-order chi connectivity index (χ1) is 8.59. The molecular formula is C15H28N2O. The standard InChI is InChI=1S/C15H28N2O/c1-11-10-12(16)8-9-14(11)15(18)17(2)13-6-4-3-5-7-13/h11-14H,3-10,16H2,1-2H3. The van der Waals surface area contributed by atoms with Gasteiger partial charge in [-0.15, -0.1) is 0 Å². The van der Waals surface area contributed by atoms with Crippen molar-refractivity contribution in [3.8, 4) is 0 Å². The van der Waals surface area contributed by atoms with Crippen LogP contribution in [0.4, 0.5) is 0 Å². The third-order valence-electron chi connectivity index (χ3n) is 5.00. The average molecular weight is 252 g/mol. The van der Waals surface area contributed by atoms with Crippen LogP contribution in [0.3, 0.4) is 0 Å². The summed E-state index contributed by atoms with van der Waals surface area (Å²) in [6.45, 7) is 2.19. The zero-order valence-electron chi connectivity index (χ0n) is 11.9. The van der Waals surface area contributed by atoms with E-state index in [1.807, 2.05) is 7.05 Å². The Morgan fingerprint density at radius 2 is 1.78 bits per heavy atom. The second kappa shape index (κ2) is 6.05. The SMILES string of the molecule is CC1CC(N)CCC1C(=O)N(C)C1CCCCC1. The van der Waals surface area contributed by atoms with Gasteiger partial charge in [0.25, 0.3) is 0 Å². The van der Waals surface area contributed by atoms with Crippen LogP contribution in [-0.4, -0.2) is 29.9 Å². The quantitative estimate of drug-likeness (QED) is 0.821. The van der Waals surface area contributed by atoms with Crippen LogP contribution in [-0.2, 0) is 4.79 Å². The van der Waals surface area contributed by atoms with Crippen molar-refractivity contribution in [2.45, 2.75) is 70.4 Å². The Balaban J connectivity index is 1.93. The molecule has 2 N–H and O–H groups in total. The van der Waals surface area contributed by atoms with Crippen molar-refractivity contribution in [2.75, 3.05) is 7.05 Å². The van der Waals surface area contributed by atoms with E-state index in [1.54, 1.807) is 0 Å². The van der Waals surface area contributed by atoms with Crippen LogP contribution >= 0.6 is 0 Å². The molecule has 3 heteroatoms. The molecule has 3 unspecified atom stereocenters. The molecule has 0 spiro atoms. The molecule has 2 fully saturated rings. The molecule has 2 aliphatic rings. The van der Waals surface area contributed by atoms with Gasteiger partial charge in [-0.2, -0.15) is 0 Å². The van der Waals surface area contributed by atoms with Crippen LogP contribution < -0.4 is 5.73 Å². The molecule has 2 saturated carbocycles. The Morgan fingerprint density at radius 1 is 1.11 bits per heavy atom. The molecular weight excluding hydrogens is 224 g/mol. The van der Waals surface area contributed by atoms with Gasteiger partial charge in [-0.3, -0.25) is 4.79 Å². The Kier molecular flexibility index (Phi) is 4.66. The smallest absolute Gasteiger partial charge is 0.225 e. The largest absolute Gasteiger partial charge is 0.343 e. The number of hydrogen-bond acceptors (Lipinski definition) is 2. The fourth-order valence-corrected chi connectivity index (χ4v) is 3.71. The highest BCUT2D eigenvalue weighted by Crippen LogP contribution is 2.32. The van der Waals surface area contributed by atoms with E-state index in [1.165, 1.54) is 32.1 Å². The third kappa shape index (κ3) is 3.05. The van der Waals surface area contributed by atoms with E-state index >= 15 is 0 Å². The number of carbonyl (C=O) groups is 1. The predicted octanol–water partition coefficient (Wildman–Crippen LogP) is 2.54. The van der Waals surface area contributed by atoms with Crippen LogP contribution in [0.5, 0.6) is 0 Å². The maximum atomic E-state index is 12.6. The fraction of sp³-hybridized carbons (Fsp3) is 0.933. The van der Waals surface area contributed by atoms with Crippen molar-refractivity contribution >= 4 is 5.91 Å². The lowest BCUT2D eigenvalue weighted by Gasteiger charge is -2.38. The molecule has 0 saturated heterocycles. The topological polar surface area (TPSA) is 46.3 Å². The summed E-state index contributed by atoms with van der Waals surface area (Å²) in [6.07, 6.45) is 9.31. The van der Waals surface area contributed by atoms with Gasteiger partial charge >= 0.3 is 0 Å². The number of amides is 1. The Hall–Kier alpha value is -0.570. The van der Waals surface area contributed by atoms with E-state index in [9.17, 15) is 4.79 Å². The molecule has 0 aromatic rings. The molecule has 1 amide bonds. The molecule has 3 nitrogen and oxygen atoms in total. The number of carbonyl (C=O) groups excluding carboxylic acids is 1. The molecule has 0 heterocycles. The van der Waals surface area contributed by atoms with Crippen molar-refractivity contribution < 1.29 is 4.79 Å². The normalized spacial score (nSPS) is 34.3. The monoisotopic (exact) mass is 252 g/mol. The minimum atomic E-state index is 0.219. The van der Waals surface area contributed by atoms with Crippen LogP contribution in [0.25, 0.3) is 0 Å². The lowest BCUT2D eigenvalue weighted by molar-refractivity contribution is -0.139. The number of nitrogens with two attached hydrogens (primary N) is 1. The molecule has 0 radical (unpaired) electrons. The minimum Gasteiger partial charge on any atom is -0.343 e. The molecule has 0 aromatic carbocycles. The van der Waals surface area contributed by atoms with Crippen molar-refractivity contribution in [1.82, 2.24) is 4.90 Å². The van der Waals surface area contributed by atoms with E-state index in [4.69, 9.17) is 5.73 Å². The van der Waals surface area contributed by atoms with Crippen LogP contribution in [0.1, 0.15) is 58.3 Å². The first-order valence-electron chi connectivity index (χ1n) is 7.62. The van der Waals surface area contributed by atoms with Gasteiger partial charge in [0, 0.05) is 25.0 Å². The number of nitrogens with zero attached hydrogens (tertiary/aromatic N) is 1. The Morgan fingerprint density at radius 3 is 2.39 bits per heavy atom. The zero-order chi connectivity index (χ0) is 13.1. The van der Waals surface area contributed by atoms with Gasteiger partial charge in [0.1, 0.15) is 0 Å². The maximum absolute atomic E-state index is 12.6. The van der Waals surface area contributed by atoms with Crippen molar-refractivity contribution in [3.05, 3.63) is 0 Å². The Bertz CT molecular complexity index is 286. The minimum absolute atomic E-state index is 0.219. The summed E-state index contributed by atoms with van der Waals surface area (Å²) >= 11 is 0. The zero-order valence-corrected chi connectivity index (χ0v) is 11.9. The lowest BCUT2D eigenvalue weighted by Crippen LogP contribution is -2.46. The van der Waals surface area contributed by atoms with Crippen LogP contribution in [0.15, 0.2) is 0 Å². The maximum Gasteiger partial charge on any atom is 0.225 e. The summed E-state index contributed by atoms with van der Waals surface area (Å²) < 4.78 is 0. The molecule has 2 rings (SSSR count). The van der Waals surface area contributed by atoms with E-state index in [0.717, 1.165) is 19.3 Å². The summed E-state index contributed by atoms with van der Waals surface area (Å²) in [5.74, 6) is 1.05. The van der Waals surface area contributed by atoms with E-state index in [-0.39, 0.29) is 5.92 Å². The number of hydrogen-bond donors (Lipinski definition) is 1. The summed E-state index contributed by atoms with van der Waals surface area (Å²) in [5.41, 5.74) is 5.98. The average Bonchev–Trinajstić information content (AvgIpc) is 2.38. The highest BCUT2D eigenvalue weighted by atomic mass is 16.2. The highest BCUT2D eigenvalue weighted by Gasteiger charge is 2.34. The molecule has 0 aromatic heterocycles. The highest BCUT2D eigenvalue weighted by molar-refractivity contribution is 5.79. The lowest BCUT2D eigenvalue weighted by atomic mass is 9.77. The molecule has 18 heavy (non-hydrogen) atoms. The molecule has 104 valence electrons. The van der Waals surface area contributed by atoms with Crippen molar-refractivity contribution in [3.63, 3.8) is 0 Å². The Labute approximate surface area is 111 Å². The second-order valence-corrected chi connectivity index (χ2v) is 6.40. The van der Waals surface area contributed by atoms with Crippen LogP contribution in [0.2, 0.25) is 0 Å². The van der Waals surface area contributed by atoms with Gasteiger partial charge in [-0.1, -0.05) is 26.2 Å². The first-order valence-corrected chi connectivity index (χ1v) is 7.62. The van der Waals surface area contributed by atoms with Crippen molar-refractivity contribution in [1.29, 1.82) is 0 Å². The van der Waals surface area contributed by atoms with Gasteiger partial charge < -0.3 is 10.6 Å². The molecule has 2 aliphatic carbocycles. The summed E-state index contributed by atoms with van der Waals surface area (Å²) in [6, 6.07) is 0.804. The van der Waals surface area contributed by atoms with Gasteiger partial charge in [0.2, 0.25) is 5.91 Å². The third-order valence-corrected chi connectivity index (χ3v) is 5.00. The van der Waals surface area contributed by atoms with Gasteiger partial charge in [-0.25, -0.2) is 0 Å². The summed E-state index contributed by atoms with van der Waals surface area (Å²) in [7, 11) is 2.01. The second-order valence-electron chi connectivity index (χ2n) is 6.40. The predicted molar refractivity (Wildman–Crippen MR) is 74.1 cm³/mol. The van der Waals surface area contributed by atoms with Gasteiger partial charge in [0.15, 0.2) is 0 Å². The fourth-order valence-electron chi connectivity index (χ4n) is 3.71. The first kappa shape index (κ1) is 13.9. The van der Waals surface area contributed by atoms with E-state index in [0.29, 0.717) is 23.9 Å². The van der Waals surface area contributed by atoms with Gasteiger partial charge in [-0.05, 0) is 38.0 Å². The van der Waals surface area contributed by atoms with Crippen LogP contribution in [0, 0.1) is 11.8 Å². The summed E-state index contributed by atoms with van der Waals surface area (Å²) in [4.78, 5) is 14.7. The van der Waals surface area contributed by atoms with Crippen molar-refractivity contribution in [2.24, 2.45) is 17.6 Å². The molecule has 3 atom stereocenters. The van der Waals surface area contributed by atoms with Gasteiger partial charge in [0.05, 0.1) is 0 Å². The van der Waals surface area contributed by atoms with E-state index in [2.05, 4.69) is 11.8 Å².